The van der Waals surface area contributed by atoms with Gasteiger partial charge in [-0.15, -0.1) is 0 Å². The van der Waals surface area contributed by atoms with Crippen molar-refractivity contribution in [2.24, 2.45) is 0 Å². The monoisotopic (exact) mass is 348 g/mol. The minimum absolute atomic E-state index is 0.285. The number of rotatable bonds is 3. The zero-order valence-corrected chi connectivity index (χ0v) is 14.0. The van der Waals surface area contributed by atoms with Crippen LogP contribution in [0, 0.1) is 5.82 Å². The van der Waals surface area contributed by atoms with Crippen molar-refractivity contribution in [2.75, 3.05) is 6.61 Å². The summed E-state index contributed by atoms with van der Waals surface area (Å²) < 4.78 is 18.9. The molecule has 0 bridgehead atoms. The summed E-state index contributed by atoms with van der Waals surface area (Å²) in [6, 6.07) is 18.9. The number of halogens is 1. The maximum Gasteiger partial charge on any atom is 0.252 e. The van der Waals surface area contributed by atoms with Crippen molar-refractivity contribution in [3.8, 4) is 5.75 Å². The molecule has 5 heteroatoms. The van der Waals surface area contributed by atoms with Gasteiger partial charge in [0.05, 0.1) is 6.61 Å². The Bertz CT molecular complexity index is 928. The fourth-order valence-electron chi connectivity index (χ4n) is 3.32. The summed E-state index contributed by atoms with van der Waals surface area (Å²) in [6.45, 7) is 0.456. The molecule has 26 heavy (non-hydrogen) atoms. The SMILES string of the molecule is O=C(N[C@]1(c2ccccc2)CCOc2cccnc21)c1ccc(F)cc1. The van der Waals surface area contributed by atoms with Crippen LogP contribution in [0.15, 0.2) is 72.9 Å². The predicted molar refractivity (Wildman–Crippen MR) is 95.4 cm³/mol. The second-order valence-corrected chi connectivity index (χ2v) is 6.18. The normalized spacial score (nSPS) is 18.5. The molecule has 0 spiro atoms. The van der Waals surface area contributed by atoms with E-state index >= 15 is 0 Å². The molecule has 0 aliphatic carbocycles. The van der Waals surface area contributed by atoms with Crippen LogP contribution in [0.5, 0.6) is 5.75 Å². The van der Waals surface area contributed by atoms with E-state index in [2.05, 4.69) is 10.3 Å². The number of ether oxygens (including phenoxy) is 1. The van der Waals surface area contributed by atoms with E-state index in [1.165, 1.54) is 24.3 Å². The Morgan fingerprint density at radius 3 is 2.58 bits per heavy atom. The van der Waals surface area contributed by atoms with Gasteiger partial charge in [0.25, 0.3) is 5.91 Å². The van der Waals surface area contributed by atoms with Gasteiger partial charge < -0.3 is 10.1 Å². The molecule has 0 saturated heterocycles. The first-order valence-electron chi connectivity index (χ1n) is 8.41. The van der Waals surface area contributed by atoms with Crippen LogP contribution in [0.2, 0.25) is 0 Å². The predicted octanol–water partition coefficient (Wildman–Crippen LogP) is 3.68. The average molecular weight is 348 g/mol. The third-order valence-electron chi connectivity index (χ3n) is 4.61. The Morgan fingerprint density at radius 1 is 1.04 bits per heavy atom. The summed E-state index contributed by atoms with van der Waals surface area (Å²) in [5, 5.41) is 3.14. The molecule has 1 amide bonds. The highest BCUT2D eigenvalue weighted by Crippen LogP contribution is 2.40. The minimum Gasteiger partial charge on any atom is -0.491 e. The van der Waals surface area contributed by atoms with Gasteiger partial charge >= 0.3 is 0 Å². The molecule has 1 aliphatic rings. The molecule has 0 fully saturated rings. The third-order valence-corrected chi connectivity index (χ3v) is 4.61. The summed E-state index contributed by atoms with van der Waals surface area (Å²) >= 11 is 0. The number of nitrogens with one attached hydrogen (secondary N) is 1. The highest BCUT2D eigenvalue weighted by molar-refractivity contribution is 5.95. The van der Waals surface area contributed by atoms with Crippen molar-refractivity contribution in [2.45, 2.75) is 12.0 Å². The van der Waals surface area contributed by atoms with Gasteiger partial charge in [-0.1, -0.05) is 30.3 Å². The van der Waals surface area contributed by atoms with Crippen molar-refractivity contribution in [1.29, 1.82) is 0 Å². The highest BCUT2D eigenvalue weighted by Gasteiger charge is 2.42. The van der Waals surface area contributed by atoms with E-state index in [4.69, 9.17) is 4.74 Å². The molecular formula is C21H17FN2O2. The fraction of sp³-hybridized carbons (Fsp3) is 0.143. The van der Waals surface area contributed by atoms with Gasteiger partial charge in [-0.2, -0.15) is 0 Å². The summed E-state index contributed by atoms with van der Waals surface area (Å²) in [7, 11) is 0. The van der Waals surface area contributed by atoms with Crippen molar-refractivity contribution >= 4 is 5.91 Å². The van der Waals surface area contributed by atoms with Gasteiger partial charge in [0.15, 0.2) is 0 Å². The number of pyridine rings is 1. The van der Waals surface area contributed by atoms with Crippen LogP contribution in [0.3, 0.4) is 0 Å². The number of aromatic nitrogens is 1. The Hall–Kier alpha value is -3.21. The van der Waals surface area contributed by atoms with Crippen LogP contribution < -0.4 is 10.1 Å². The van der Waals surface area contributed by atoms with Gasteiger partial charge in [-0.25, -0.2) is 4.39 Å². The summed E-state index contributed by atoms with van der Waals surface area (Å²) in [5.41, 5.74) is 1.19. The lowest BCUT2D eigenvalue weighted by molar-refractivity contribution is 0.0883. The van der Waals surface area contributed by atoms with E-state index in [1.807, 2.05) is 42.5 Å². The molecule has 1 N–H and O–H groups in total. The van der Waals surface area contributed by atoms with Gasteiger partial charge in [-0.05, 0) is 42.0 Å². The van der Waals surface area contributed by atoms with Gasteiger partial charge in [0.1, 0.15) is 22.8 Å². The Balaban J connectivity index is 1.81. The third kappa shape index (κ3) is 2.81. The van der Waals surface area contributed by atoms with Crippen LogP contribution in [-0.4, -0.2) is 17.5 Å². The fourth-order valence-corrected chi connectivity index (χ4v) is 3.32. The molecule has 2 heterocycles. The number of carbonyl (C=O) groups excluding carboxylic acids is 1. The molecule has 4 nitrogen and oxygen atoms in total. The summed E-state index contributed by atoms with van der Waals surface area (Å²) in [4.78, 5) is 17.4. The standard InChI is InChI=1S/C21H17FN2O2/c22-17-10-8-15(9-11-17)20(25)24-21(16-5-2-1-3-6-16)12-14-26-18-7-4-13-23-19(18)21/h1-11,13H,12,14H2,(H,24,25)/t21-/m0/s1. The van der Waals surface area contributed by atoms with E-state index in [9.17, 15) is 9.18 Å². The van der Waals surface area contributed by atoms with E-state index in [0.717, 1.165) is 5.56 Å². The smallest absolute Gasteiger partial charge is 0.252 e. The summed E-state index contributed by atoms with van der Waals surface area (Å²) in [6.07, 6.45) is 2.24. The summed E-state index contributed by atoms with van der Waals surface area (Å²) in [5.74, 6) is -0.00762. The number of carbonyl (C=O) groups is 1. The Labute approximate surface area is 150 Å². The quantitative estimate of drug-likeness (QED) is 0.786. The van der Waals surface area contributed by atoms with Crippen molar-refractivity contribution in [1.82, 2.24) is 10.3 Å². The van der Waals surface area contributed by atoms with Crippen molar-refractivity contribution < 1.29 is 13.9 Å². The number of nitrogens with zero attached hydrogens (tertiary/aromatic N) is 1. The zero-order chi connectivity index (χ0) is 18.0. The molecule has 0 radical (unpaired) electrons. The van der Waals surface area contributed by atoms with E-state index in [1.54, 1.807) is 6.20 Å². The van der Waals surface area contributed by atoms with Crippen LogP contribution in [0.25, 0.3) is 0 Å². The van der Waals surface area contributed by atoms with Crippen LogP contribution in [0.4, 0.5) is 4.39 Å². The molecule has 2 aromatic carbocycles. The molecule has 3 aromatic rings. The van der Waals surface area contributed by atoms with Gasteiger partial charge in [0.2, 0.25) is 0 Å². The first-order chi connectivity index (χ1) is 12.7. The van der Waals surface area contributed by atoms with Crippen LogP contribution >= 0.6 is 0 Å². The molecule has 1 aliphatic heterocycles. The van der Waals surface area contributed by atoms with Crippen molar-refractivity contribution in [3.05, 3.63) is 95.6 Å². The largest absolute Gasteiger partial charge is 0.491 e. The Morgan fingerprint density at radius 2 is 1.81 bits per heavy atom. The first kappa shape index (κ1) is 16.3. The maximum absolute atomic E-state index is 13.2. The lowest BCUT2D eigenvalue weighted by Gasteiger charge is -2.39. The lowest BCUT2D eigenvalue weighted by Crippen LogP contribution is -2.50. The van der Waals surface area contributed by atoms with E-state index < -0.39 is 5.54 Å². The molecule has 1 aromatic heterocycles. The zero-order valence-electron chi connectivity index (χ0n) is 14.0. The van der Waals surface area contributed by atoms with Crippen LogP contribution in [0.1, 0.15) is 28.0 Å². The molecule has 4 rings (SSSR count). The molecular weight excluding hydrogens is 331 g/mol. The second-order valence-electron chi connectivity index (χ2n) is 6.18. The number of benzene rings is 2. The lowest BCUT2D eigenvalue weighted by atomic mass is 9.81. The number of fused-ring (bicyclic) bond motifs is 1. The molecule has 130 valence electrons. The van der Waals surface area contributed by atoms with Gasteiger partial charge in [-0.3, -0.25) is 9.78 Å². The van der Waals surface area contributed by atoms with E-state index in [0.29, 0.717) is 30.0 Å². The number of hydrogen-bond donors (Lipinski definition) is 1. The highest BCUT2D eigenvalue weighted by atomic mass is 19.1. The first-order valence-corrected chi connectivity index (χ1v) is 8.41. The molecule has 0 saturated carbocycles. The number of hydrogen-bond acceptors (Lipinski definition) is 3. The molecule has 1 atom stereocenters. The maximum atomic E-state index is 13.2. The molecule has 0 unspecified atom stereocenters. The second kappa shape index (κ2) is 6.59. The minimum atomic E-state index is -0.804. The average Bonchev–Trinajstić information content (AvgIpc) is 2.69. The van der Waals surface area contributed by atoms with Crippen LogP contribution in [-0.2, 0) is 5.54 Å². The van der Waals surface area contributed by atoms with Gasteiger partial charge in [0, 0.05) is 18.2 Å². The Kier molecular flexibility index (Phi) is 4.13. The topological polar surface area (TPSA) is 51.2 Å². The van der Waals surface area contributed by atoms with Crippen molar-refractivity contribution in [3.63, 3.8) is 0 Å². The van der Waals surface area contributed by atoms with E-state index in [-0.39, 0.29) is 11.7 Å². The number of amides is 1.